The fourth-order valence-corrected chi connectivity index (χ4v) is 5.01. The largest absolute Gasteiger partial charge is 0.463 e. The molecule has 6 rings (SSSR count). The van der Waals surface area contributed by atoms with E-state index in [1.54, 1.807) is 30.0 Å². The molecule has 0 fully saturated rings. The van der Waals surface area contributed by atoms with Crippen LogP contribution < -0.4 is 11.0 Å². The van der Waals surface area contributed by atoms with Crippen molar-refractivity contribution < 1.29 is 9.53 Å². The molecule has 0 saturated heterocycles. The third-order valence-electron chi connectivity index (χ3n) is 6.61. The van der Waals surface area contributed by atoms with Gasteiger partial charge >= 0.3 is 11.7 Å². The monoisotopic (exact) mass is 504 g/mol. The quantitative estimate of drug-likeness (QED) is 0.355. The molecule has 0 bridgehead atoms. The van der Waals surface area contributed by atoms with Crippen LogP contribution in [0.1, 0.15) is 30.9 Å². The van der Waals surface area contributed by atoms with Crippen molar-refractivity contribution in [3.05, 3.63) is 118 Å². The molecule has 0 spiro atoms. The third kappa shape index (κ3) is 3.67. The maximum absolute atomic E-state index is 14.2. The number of allylic oxidation sites excluding steroid dienone is 1. The van der Waals surface area contributed by atoms with Gasteiger partial charge in [0.1, 0.15) is 5.82 Å². The Bertz CT molecular complexity index is 1740. The number of rotatable bonds is 5. The molecule has 9 nitrogen and oxygen atoms in total. The number of carbonyl (C=O) groups is 1. The summed E-state index contributed by atoms with van der Waals surface area (Å²) in [4.78, 5) is 31.8. The predicted octanol–water partition coefficient (Wildman–Crippen LogP) is 4.34. The maximum Gasteiger partial charge on any atom is 0.341 e. The van der Waals surface area contributed by atoms with Crippen LogP contribution in [0.2, 0.25) is 0 Å². The van der Waals surface area contributed by atoms with E-state index in [0.29, 0.717) is 45.4 Å². The van der Waals surface area contributed by atoms with Crippen LogP contribution in [-0.4, -0.2) is 36.7 Å². The number of nitrogens with zero attached hydrogens (tertiary/aromatic N) is 5. The van der Waals surface area contributed by atoms with Gasteiger partial charge < -0.3 is 10.1 Å². The fraction of sp³-hybridized carbons (Fsp3) is 0.138. The second kappa shape index (κ2) is 9.44. The van der Waals surface area contributed by atoms with E-state index >= 15 is 0 Å². The van der Waals surface area contributed by atoms with Crippen LogP contribution in [0.25, 0.3) is 22.7 Å². The molecular formula is C29H24N6O3. The first-order valence-corrected chi connectivity index (χ1v) is 12.3. The zero-order valence-corrected chi connectivity index (χ0v) is 20.8. The summed E-state index contributed by atoms with van der Waals surface area (Å²) in [5.74, 6) is -0.102. The lowest BCUT2D eigenvalue weighted by Crippen LogP contribution is -2.34. The van der Waals surface area contributed by atoms with Crippen LogP contribution in [0.4, 0.5) is 5.82 Å². The van der Waals surface area contributed by atoms with Crippen LogP contribution in [0, 0.1) is 0 Å². The number of hydrogen-bond donors (Lipinski definition) is 1. The van der Waals surface area contributed by atoms with Gasteiger partial charge in [0.25, 0.3) is 0 Å². The summed E-state index contributed by atoms with van der Waals surface area (Å²) in [6.07, 6.45) is 3.30. The molecule has 0 saturated carbocycles. The van der Waals surface area contributed by atoms with Crippen molar-refractivity contribution in [2.75, 3.05) is 11.9 Å². The number of hydrogen-bond acceptors (Lipinski definition) is 7. The van der Waals surface area contributed by atoms with Crippen molar-refractivity contribution in [2.24, 2.45) is 0 Å². The Labute approximate surface area is 218 Å². The Balaban J connectivity index is 1.76. The predicted molar refractivity (Wildman–Crippen MR) is 143 cm³/mol. The summed E-state index contributed by atoms with van der Waals surface area (Å²) in [5, 5.41) is 12.3. The van der Waals surface area contributed by atoms with Gasteiger partial charge in [-0.25, -0.2) is 18.6 Å². The second-order valence-corrected chi connectivity index (χ2v) is 8.87. The van der Waals surface area contributed by atoms with E-state index in [1.165, 1.54) is 4.40 Å². The minimum atomic E-state index is -0.560. The molecular weight excluding hydrogens is 480 g/mol. The molecule has 1 N–H and O–H groups in total. The topological polar surface area (TPSA) is 103 Å². The van der Waals surface area contributed by atoms with E-state index in [2.05, 4.69) is 20.5 Å². The zero-order valence-electron chi connectivity index (χ0n) is 20.8. The van der Waals surface area contributed by atoms with Gasteiger partial charge in [0.15, 0.2) is 11.5 Å². The van der Waals surface area contributed by atoms with Crippen LogP contribution in [0.3, 0.4) is 0 Å². The summed E-state index contributed by atoms with van der Waals surface area (Å²) in [6, 6.07) is 22.6. The van der Waals surface area contributed by atoms with Crippen molar-refractivity contribution in [1.82, 2.24) is 24.1 Å². The first-order chi connectivity index (χ1) is 18.6. The van der Waals surface area contributed by atoms with Crippen LogP contribution in [0.15, 0.2) is 101 Å². The molecule has 5 aromatic rings. The van der Waals surface area contributed by atoms with Crippen molar-refractivity contribution in [1.29, 1.82) is 0 Å². The lowest BCUT2D eigenvalue weighted by atomic mass is 9.82. The van der Waals surface area contributed by atoms with Crippen LogP contribution in [0.5, 0.6) is 0 Å². The molecule has 188 valence electrons. The Morgan fingerprint density at radius 3 is 2.42 bits per heavy atom. The molecule has 0 radical (unpaired) electrons. The van der Waals surface area contributed by atoms with Gasteiger partial charge in [0.05, 0.1) is 29.3 Å². The highest BCUT2D eigenvalue weighted by atomic mass is 16.5. The number of anilines is 1. The number of para-hydroxylation sites is 1. The summed E-state index contributed by atoms with van der Waals surface area (Å²) < 4.78 is 8.58. The van der Waals surface area contributed by atoms with E-state index < -0.39 is 11.9 Å². The third-order valence-corrected chi connectivity index (χ3v) is 6.61. The van der Waals surface area contributed by atoms with E-state index in [-0.39, 0.29) is 12.3 Å². The average molecular weight is 505 g/mol. The van der Waals surface area contributed by atoms with E-state index in [9.17, 15) is 9.59 Å². The highest BCUT2D eigenvalue weighted by Gasteiger charge is 2.38. The minimum Gasteiger partial charge on any atom is -0.463 e. The molecule has 1 aliphatic heterocycles. The van der Waals surface area contributed by atoms with Crippen molar-refractivity contribution in [3.8, 4) is 17.1 Å². The number of aromatic nitrogens is 5. The molecule has 1 atom stereocenters. The van der Waals surface area contributed by atoms with Gasteiger partial charge in [-0.2, -0.15) is 0 Å². The number of nitrogens with one attached hydrogen (secondary N) is 1. The molecule has 3 aromatic heterocycles. The molecule has 1 aliphatic rings. The molecule has 38 heavy (non-hydrogen) atoms. The Kier molecular flexibility index (Phi) is 5.80. The minimum absolute atomic E-state index is 0.235. The van der Waals surface area contributed by atoms with Gasteiger partial charge in [0.2, 0.25) is 0 Å². The summed E-state index contributed by atoms with van der Waals surface area (Å²) in [5.41, 5.74) is 3.89. The highest BCUT2D eigenvalue weighted by molar-refractivity contribution is 5.95. The van der Waals surface area contributed by atoms with E-state index in [4.69, 9.17) is 4.74 Å². The smallest absolute Gasteiger partial charge is 0.341 e. The molecule has 9 heteroatoms. The van der Waals surface area contributed by atoms with Crippen molar-refractivity contribution in [2.45, 2.75) is 19.8 Å². The Hall–Kier alpha value is -5.05. The summed E-state index contributed by atoms with van der Waals surface area (Å²) >= 11 is 0. The molecule has 2 aromatic carbocycles. The van der Waals surface area contributed by atoms with Gasteiger partial charge in [-0.05, 0) is 43.7 Å². The van der Waals surface area contributed by atoms with E-state index in [1.807, 2.05) is 73.7 Å². The molecule has 1 unspecified atom stereocenters. The first-order valence-electron chi connectivity index (χ1n) is 12.3. The second-order valence-electron chi connectivity index (χ2n) is 8.87. The number of benzene rings is 2. The van der Waals surface area contributed by atoms with E-state index in [0.717, 1.165) is 5.56 Å². The average Bonchev–Trinajstić information content (AvgIpc) is 3.40. The summed E-state index contributed by atoms with van der Waals surface area (Å²) in [6.45, 7) is 3.83. The van der Waals surface area contributed by atoms with Crippen LogP contribution in [-0.2, 0) is 9.53 Å². The maximum atomic E-state index is 14.2. The number of pyridine rings is 1. The number of fused-ring (bicyclic) bond motifs is 3. The lowest BCUT2D eigenvalue weighted by molar-refractivity contribution is -0.138. The van der Waals surface area contributed by atoms with Crippen LogP contribution >= 0.6 is 0 Å². The summed E-state index contributed by atoms with van der Waals surface area (Å²) in [7, 11) is 0. The zero-order chi connectivity index (χ0) is 26.2. The number of ether oxygens (including phenoxy) is 1. The van der Waals surface area contributed by atoms with Crippen molar-refractivity contribution >= 4 is 17.4 Å². The lowest BCUT2D eigenvalue weighted by Gasteiger charge is -2.32. The normalized spacial score (nSPS) is 14.7. The standard InChI is InChI=1S/C29H24N6O3/c1-3-38-28(36)22-18(2)31-26-24(23(22)19-11-6-4-7-12-19)27-33-32-25(20-13-10-16-30-17-20)35(27)29(37)34(26)21-14-8-5-9-15-21/h4-17,23,31H,3H2,1-2H3. The highest BCUT2D eigenvalue weighted by Crippen LogP contribution is 2.44. The Morgan fingerprint density at radius 2 is 1.74 bits per heavy atom. The van der Waals surface area contributed by atoms with Gasteiger partial charge in [-0.15, -0.1) is 10.2 Å². The number of esters is 1. The fourth-order valence-electron chi connectivity index (χ4n) is 5.01. The molecule has 0 aliphatic carbocycles. The van der Waals surface area contributed by atoms with Gasteiger partial charge in [-0.3, -0.25) is 4.98 Å². The molecule has 0 amide bonds. The number of carbonyl (C=O) groups excluding carboxylic acids is 1. The molecule has 4 heterocycles. The van der Waals surface area contributed by atoms with Crippen molar-refractivity contribution in [3.63, 3.8) is 0 Å². The Morgan fingerprint density at radius 1 is 1.00 bits per heavy atom. The van der Waals surface area contributed by atoms with Gasteiger partial charge in [0, 0.05) is 23.7 Å². The van der Waals surface area contributed by atoms with Gasteiger partial charge in [-0.1, -0.05) is 48.5 Å². The SMILES string of the molecule is CCOC(=O)C1=C(C)Nc2c(c3nnc(-c4cccnc4)n3c(=O)n2-c2ccccc2)C1c1ccccc1. The first kappa shape index (κ1) is 23.4.